The lowest BCUT2D eigenvalue weighted by atomic mass is 9.57. The number of nitrogens with one attached hydrogen (secondary N) is 1. The third-order valence-corrected chi connectivity index (χ3v) is 10.6. The van der Waals surface area contributed by atoms with E-state index in [0.717, 1.165) is 33.2 Å². The molecule has 3 aromatic rings. The van der Waals surface area contributed by atoms with Crippen molar-refractivity contribution >= 4 is 20.7 Å². The van der Waals surface area contributed by atoms with Crippen LogP contribution in [0.5, 0.6) is 0 Å². The van der Waals surface area contributed by atoms with E-state index in [1.807, 2.05) is 59.7 Å². The number of hydrogen-bond acceptors (Lipinski definition) is 3. The third kappa shape index (κ3) is 4.05. The Labute approximate surface area is 219 Å². The van der Waals surface area contributed by atoms with Gasteiger partial charge in [0, 0.05) is 33.5 Å². The first kappa shape index (κ1) is 20.0. The van der Waals surface area contributed by atoms with Gasteiger partial charge in [0.2, 0.25) is 0 Å². The Morgan fingerprint density at radius 2 is 1.77 bits per heavy atom. The first-order chi connectivity index (χ1) is 18.1. The summed E-state index contributed by atoms with van der Waals surface area (Å²) in [5.41, 5.74) is 2.33. The minimum atomic E-state index is -3.50. The number of aryl methyl sites for hydroxylation is 4. The van der Waals surface area contributed by atoms with Crippen LogP contribution in [0.3, 0.4) is 0 Å². The highest BCUT2D eigenvalue weighted by Gasteiger charge is 2.58. The zero-order valence-corrected chi connectivity index (χ0v) is 23.3. The summed E-state index contributed by atoms with van der Waals surface area (Å²) in [7, 11) is -1.86. The highest BCUT2D eigenvalue weighted by molar-refractivity contribution is 7.91. The molecule has 1 atom stereocenters. The maximum absolute atomic E-state index is 13.2. The molecule has 2 aromatic carbocycles. The van der Waals surface area contributed by atoms with Crippen LogP contribution >= 0.6 is 0 Å². The van der Waals surface area contributed by atoms with E-state index in [2.05, 4.69) is 0 Å². The smallest absolute Gasteiger partial charge is 0.178 e. The fourth-order valence-electron chi connectivity index (χ4n) is 5.64. The molecule has 1 N–H and O–H groups in total. The van der Waals surface area contributed by atoms with Crippen molar-refractivity contribution in [2.24, 2.45) is 5.41 Å². The maximum atomic E-state index is 13.2. The minimum absolute atomic E-state index is 0.0456. The Bertz CT molecular complexity index is 1610. The molecule has 4 nitrogen and oxygen atoms in total. The van der Waals surface area contributed by atoms with Crippen molar-refractivity contribution in [3.63, 3.8) is 0 Å². The lowest BCUT2D eigenvalue weighted by molar-refractivity contribution is 0.0234. The molecule has 0 bridgehead atoms. The molecule has 190 valence electrons. The predicted octanol–water partition coefficient (Wildman–Crippen LogP) is 6.51. The van der Waals surface area contributed by atoms with E-state index >= 15 is 0 Å². The monoisotopic (exact) mass is 499 g/mol. The Kier molecular flexibility index (Phi) is 4.85. The van der Waals surface area contributed by atoms with Gasteiger partial charge in [-0.2, -0.15) is 0 Å². The Morgan fingerprint density at radius 3 is 2.37 bits per heavy atom. The van der Waals surface area contributed by atoms with Gasteiger partial charge in [-0.1, -0.05) is 33.8 Å². The summed E-state index contributed by atoms with van der Waals surface area (Å²) in [6.45, 7) is 13.0. The van der Waals surface area contributed by atoms with Gasteiger partial charge in [0.25, 0.3) is 0 Å². The van der Waals surface area contributed by atoms with Gasteiger partial charge in [-0.15, -0.1) is 0 Å². The number of fused-ring (bicyclic) bond motifs is 1. The van der Waals surface area contributed by atoms with E-state index in [1.54, 1.807) is 39.2 Å². The van der Waals surface area contributed by atoms with Crippen molar-refractivity contribution in [3.8, 4) is 0 Å². The zero-order chi connectivity index (χ0) is 30.4. The second-order valence-corrected chi connectivity index (χ2v) is 13.5. The average molecular weight is 500 g/mol. The van der Waals surface area contributed by atoms with E-state index in [0.29, 0.717) is 16.8 Å². The number of benzene rings is 2. The van der Waals surface area contributed by atoms with Crippen LogP contribution in [0.1, 0.15) is 74.3 Å². The van der Waals surface area contributed by atoms with Crippen LogP contribution in [-0.4, -0.2) is 43.1 Å². The molecule has 5 heteroatoms. The molecule has 0 amide bonds. The second kappa shape index (κ2) is 8.48. The van der Waals surface area contributed by atoms with Crippen LogP contribution in [0.15, 0.2) is 41.4 Å². The van der Waals surface area contributed by atoms with Crippen LogP contribution < -0.4 is 0 Å². The number of hydrogen-bond donors (Lipinski definition) is 1. The molecule has 0 spiro atoms. The predicted molar refractivity (Wildman–Crippen MR) is 147 cm³/mol. The first-order valence-electron chi connectivity index (χ1n) is 14.7. The SMILES string of the molecule is [2H]n1cc(C(C)(C)[C@]2(C)N(C)C([2H])([2H])C([2H])([2H])C2(C)C)c2cc(CCS(=O)(=O)c3ccc(C)c(C)c3)c(C)cc21. The normalized spacial score (nSPS) is 26.1. The number of aromatic amines is 1. The molecule has 1 fully saturated rings. The standard InChI is InChI=1S/C30H42N2O2S/c1-20-10-11-24(16-21(20)2)35(33,34)15-12-23-18-25-26(19-31-27(25)17-22(23)3)29(6,7)30(8)28(4,5)13-14-32(30)9/h10-11,16-19,31H,12-15H2,1-9H3/t30-/m1/s1/i13D2,14D2/hD. The van der Waals surface area contributed by atoms with Gasteiger partial charge in [-0.05, 0) is 112 Å². The number of sulfone groups is 1. The lowest BCUT2D eigenvalue weighted by Crippen LogP contribution is -2.59. The summed E-state index contributed by atoms with van der Waals surface area (Å²) in [6, 6.07) is 9.09. The fraction of sp³-hybridized carbons (Fsp3) is 0.533. The zero-order valence-electron chi connectivity index (χ0n) is 27.5. The van der Waals surface area contributed by atoms with Crippen LogP contribution in [0, 0.1) is 26.2 Å². The van der Waals surface area contributed by atoms with Gasteiger partial charge in [0.15, 0.2) is 11.2 Å². The minimum Gasteiger partial charge on any atom is -0.361 e. The second-order valence-electron chi connectivity index (χ2n) is 11.4. The van der Waals surface area contributed by atoms with E-state index < -0.39 is 39.1 Å². The Hall–Kier alpha value is -2.11. The summed E-state index contributed by atoms with van der Waals surface area (Å²) in [4.78, 5) is 3.15. The molecule has 0 aliphatic carbocycles. The maximum Gasteiger partial charge on any atom is 0.178 e. The molecular weight excluding hydrogens is 452 g/mol. The average Bonchev–Trinajstić information content (AvgIpc) is 3.20. The van der Waals surface area contributed by atoms with Crippen LogP contribution in [0.2, 0.25) is 1.41 Å². The molecule has 2 heterocycles. The van der Waals surface area contributed by atoms with Crippen molar-refractivity contribution in [1.82, 2.24) is 9.88 Å². The topological polar surface area (TPSA) is 53.2 Å². The molecular formula is C30H42N2O2S. The number of rotatable bonds is 6. The van der Waals surface area contributed by atoms with E-state index in [-0.39, 0.29) is 5.75 Å². The third-order valence-electron chi connectivity index (χ3n) is 8.87. The summed E-state index contributed by atoms with van der Waals surface area (Å²) in [5.74, 6) is -0.0456. The molecule has 0 radical (unpaired) electrons. The van der Waals surface area contributed by atoms with Gasteiger partial charge in [-0.3, -0.25) is 4.90 Å². The summed E-state index contributed by atoms with van der Waals surface area (Å²) < 4.78 is 70.1. The van der Waals surface area contributed by atoms with Crippen molar-refractivity contribution < 1.29 is 15.3 Å². The first-order valence-corrected chi connectivity index (χ1v) is 13.9. The number of likely N-dealkylation sites (N-methyl/N-ethyl adjacent to an activating group) is 1. The molecule has 4 rings (SSSR count). The molecule has 1 saturated heterocycles. The Balaban J connectivity index is 1.81. The fourth-order valence-corrected chi connectivity index (χ4v) is 7.00. The molecule has 1 aromatic heterocycles. The highest BCUT2D eigenvalue weighted by atomic mass is 32.2. The van der Waals surface area contributed by atoms with Crippen molar-refractivity contribution in [2.45, 2.75) is 84.0 Å². The molecule has 35 heavy (non-hydrogen) atoms. The van der Waals surface area contributed by atoms with E-state index in [4.69, 9.17) is 6.89 Å². The number of H-pyrrole nitrogens is 1. The van der Waals surface area contributed by atoms with Crippen LogP contribution in [0.4, 0.5) is 0 Å². The van der Waals surface area contributed by atoms with Gasteiger partial charge < -0.3 is 4.98 Å². The van der Waals surface area contributed by atoms with E-state index in [9.17, 15) is 8.42 Å². The number of likely N-dealkylation sites (tertiary alicyclic amines) is 1. The summed E-state index contributed by atoms with van der Waals surface area (Å²) in [6.07, 6.45) is -0.100. The van der Waals surface area contributed by atoms with E-state index in [1.165, 1.54) is 9.88 Å². The Morgan fingerprint density at radius 1 is 1.09 bits per heavy atom. The van der Waals surface area contributed by atoms with Crippen LogP contribution in [0.25, 0.3) is 10.9 Å². The highest BCUT2D eigenvalue weighted by Crippen LogP contribution is 2.55. The molecule has 1 aliphatic heterocycles. The number of aromatic nitrogens is 1. The lowest BCUT2D eigenvalue weighted by Gasteiger charge is -2.53. The van der Waals surface area contributed by atoms with Crippen molar-refractivity contribution in [1.29, 1.82) is 0 Å². The quantitative estimate of drug-likeness (QED) is 0.421. The molecule has 0 unspecified atom stereocenters. The molecule has 0 saturated carbocycles. The van der Waals surface area contributed by atoms with Gasteiger partial charge >= 0.3 is 0 Å². The van der Waals surface area contributed by atoms with Gasteiger partial charge in [-0.25, -0.2) is 8.42 Å². The van der Waals surface area contributed by atoms with Crippen molar-refractivity contribution in [2.75, 3.05) is 19.3 Å². The van der Waals surface area contributed by atoms with Gasteiger partial charge in [0.05, 0.1) is 10.6 Å². The number of nitrogens with zero attached hydrogens (tertiary/aromatic N) is 1. The van der Waals surface area contributed by atoms with Gasteiger partial charge in [0.1, 0.15) is 0 Å². The molecule has 1 aliphatic rings. The summed E-state index contributed by atoms with van der Waals surface area (Å²) in [5, 5.41) is 0.794. The largest absolute Gasteiger partial charge is 0.361 e. The van der Waals surface area contributed by atoms with Crippen LogP contribution in [-0.2, 0) is 21.7 Å². The summed E-state index contributed by atoms with van der Waals surface area (Å²) >= 11 is 0. The van der Waals surface area contributed by atoms with Crippen molar-refractivity contribution in [3.05, 3.63) is 64.3 Å².